The predicted molar refractivity (Wildman–Crippen MR) is 211 cm³/mol. The van der Waals surface area contributed by atoms with E-state index in [9.17, 15) is 24.3 Å². The molecule has 0 saturated heterocycles. The Morgan fingerprint density at radius 1 is 0.857 bits per heavy atom. The minimum Gasteiger partial charge on any atom is -0.454 e. The molecular formula is C45H49N3O8. The molecule has 1 aliphatic carbocycles. The third kappa shape index (κ3) is 10.3. The lowest BCUT2D eigenvalue weighted by Gasteiger charge is -2.30. The second kappa shape index (κ2) is 19.7. The standard InChI is InChI=1S/C45H49N3O8/c1-54-29-40-42(31-17-7-3-8-18-31)56-44(52)39(48-45(53)55-28-38-36-22-13-11-20-34(36)35-21-12-14-23-37(35)38)24-10-4-9-19-32(43(51)47-40)26-41(50)46-33(27-49)25-30-15-5-2-6-16-30/h2-9,11-18,20-23,32-33,38-40,42,49H,10,19,24-29H2,1H3,(H,46,50)(H,47,51)(H,48,53)/t32-,33+,39+,40+,42+/m1/s1. The van der Waals surface area contributed by atoms with Crippen LogP contribution in [0, 0.1) is 5.92 Å². The summed E-state index contributed by atoms with van der Waals surface area (Å²) in [5.74, 6) is -2.42. The fourth-order valence-corrected chi connectivity index (χ4v) is 7.44. The Hall–Kier alpha value is -5.78. The van der Waals surface area contributed by atoms with Gasteiger partial charge >= 0.3 is 12.1 Å². The molecule has 0 unspecified atom stereocenters. The van der Waals surface area contributed by atoms with E-state index in [4.69, 9.17) is 14.2 Å². The first-order valence-electron chi connectivity index (χ1n) is 19.1. The summed E-state index contributed by atoms with van der Waals surface area (Å²) >= 11 is 0. The summed E-state index contributed by atoms with van der Waals surface area (Å²) in [7, 11) is 1.48. The number of fused-ring (bicyclic) bond motifs is 3. The molecular weight excluding hydrogens is 711 g/mol. The number of cyclic esters (lactones) is 1. The van der Waals surface area contributed by atoms with Gasteiger partial charge in [-0.15, -0.1) is 0 Å². The number of methoxy groups -OCH3 is 1. The van der Waals surface area contributed by atoms with Gasteiger partial charge in [-0.1, -0.05) is 121 Å². The van der Waals surface area contributed by atoms with Crippen LogP contribution in [-0.4, -0.2) is 74.0 Å². The molecule has 4 aromatic carbocycles. The van der Waals surface area contributed by atoms with Gasteiger partial charge < -0.3 is 35.3 Å². The highest BCUT2D eigenvalue weighted by Gasteiger charge is 2.35. The monoisotopic (exact) mass is 759 g/mol. The molecule has 4 N–H and O–H groups in total. The highest BCUT2D eigenvalue weighted by molar-refractivity contribution is 5.86. The lowest BCUT2D eigenvalue weighted by atomic mass is 9.96. The molecule has 56 heavy (non-hydrogen) atoms. The molecule has 1 heterocycles. The third-order valence-corrected chi connectivity index (χ3v) is 10.3. The summed E-state index contributed by atoms with van der Waals surface area (Å²) in [5.41, 5.74) is 5.92. The van der Waals surface area contributed by atoms with E-state index < -0.39 is 48.1 Å². The molecule has 292 valence electrons. The largest absolute Gasteiger partial charge is 0.454 e. The summed E-state index contributed by atoms with van der Waals surface area (Å²) in [5, 5.41) is 18.6. The number of ether oxygens (including phenoxy) is 3. The third-order valence-electron chi connectivity index (χ3n) is 10.3. The maximum Gasteiger partial charge on any atom is 0.407 e. The smallest absolute Gasteiger partial charge is 0.407 e. The van der Waals surface area contributed by atoms with E-state index in [1.54, 1.807) is 30.3 Å². The summed E-state index contributed by atoms with van der Waals surface area (Å²) in [4.78, 5) is 54.6. The summed E-state index contributed by atoms with van der Waals surface area (Å²) in [6, 6.07) is 32.2. The SMILES string of the molecule is COC[C@@H]1NC(=O)[C@@H](CC(=O)N[C@H](CO)Cc2ccccc2)CC=CCC[C@H](NC(=O)OCC2c3ccccc3-c3ccccc32)C(=O)O[C@H]1c1ccccc1. The van der Waals surface area contributed by atoms with Crippen LogP contribution in [-0.2, 0) is 35.0 Å². The van der Waals surface area contributed by atoms with E-state index in [2.05, 4.69) is 28.1 Å². The van der Waals surface area contributed by atoms with Crippen LogP contribution in [0.4, 0.5) is 4.79 Å². The number of aliphatic hydroxyl groups is 1. The van der Waals surface area contributed by atoms with Crippen molar-refractivity contribution in [2.24, 2.45) is 5.92 Å². The fourth-order valence-electron chi connectivity index (χ4n) is 7.44. The van der Waals surface area contributed by atoms with E-state index in [0.29, 0.717) is 18.4 Å². The van der Waals surface area contributed by atoms with Gasteiger partial charge in [0.25, 0.3) is 0 Å². The Labute approximate surface area is 327 Å². The maximum atomic E-state index is 14.0. The highest BCUT2D eigenvalue weighted by atomic mass is 16.6. The van der Waals surface area contributed by atoms with E-state index in [1.807, 2.05) is 78.9 Å². The number of nitrogens with one attached hydrogen (secondary N) is 3. The lowest BCUT2D eigenvalue weighted by molar-refractivity contribution is -0.155. The van der Waals surface area contributed by atoms with Crippen LogP contribution >= 0.6 is 0 Å². The number of carbonyl (C=O) groups excluding carboxylic acids is 4. The molecule has 0 bridgehead atoms. The Kier molecular flexibility index (Phi) is 14.0. The maximum absolute atomic E-state index is 14.0. The number of rotatable bonds is 12. The predicted octanol–water partition coefficient (Wildman–Crippen LogP) is 5.78. The zero-order valence-electron chi connectivity index (χ0n) is 31.5. The van der Waals surface area contributed by atoms with Gasteiger partial charge in [-0.3, -0.25) is 9.59 Å². The van der Waals surface area contributed by atoms with Gasteiger partial charge in [-0.05, 0) is 59.1 Å². The number of hydrogen-bond donors (Lipinski definition) is 4. The van der Waals surface area contributed by atoms with Crippen LogP contribution < -0.4 is 16.0 Å². The van der Waals surface area contributed by atoms with Crippen LogP contribution in [0.25, 0.3) is 11.1 Å². The molecule has 2 aliphatic rings. The number of carbonyl (C=O) groups is 4. The second-order valence-corrected chi connectivity index (χ2v) is 14.2. The summed E-state index contributed by atoms with van der Waals surface area (Å²) < 4.78 is 17.4. The summed E-state index contributed by atoms with van der Waals surface area (Å²) in [6.45, 7) is -0.194. The summed E-state index contributed by atoms with van der Waals surface area (Å²) in [6.07, 6.45) is 2.98. The first kappa shape index (κ1) is 39.9. The lowest BCUT2D eigenvalue weighted by Crippen LogP contribution is -2.49. The van der Waals surface area contributed by atoms with Crippen molar-refractivity contribution in [2.75, 3.05) is 26.9 Å². The fraction of sp³-hybridized carbons (Fsp3) is 0.333. The van der Waals surface area contributed by atoms with Gasteiger partial charge in [-0.25, -0.2) is 9.59 Å². The van der Waals surface area contributed by atoms with Gasteiger partial charge in [-0.2, -0.15) is 0 Å². The molecule has 0 fully saturated rings. The first-order valence-corrected chi connectivity index (χ1v) is 19.1. The van der Waals surface area contributed by atoms with Crippen LogP contribution in [0.1, 0.15) is 60.0 Å². The van der Waals surface area contributed by atoms with Crippen molar-refractivity contribution >= 4 is 23.9 Å². The van der Waals surface area contributed by atoms with Crippen molar-refractivity contribution in [1.29, 1.82) is 0 Å². The molecule has 3 amide bonds. The van der Waals surface area contributed by atoms with E-state index in [0.717, 1.165) is 27.8 Å². The van der Waals surface area contributed by atoms with Crippen molar-refractivity contribution in [3.8, 4) is 11.1 Å². The van der Waals surface area contributed by atoms with Gasteiger partial charge in [0.05, 0.1) is 31.2 Å². The number of aliphatic hydroxyl groups excluding tert-OH is 1. The molecule has 5 atom stereocenters. The molecule has 4 aromatic rings. The minimum absolute atomic E-state index is 0.0124. The molecule has 11 nitrogen and oxygen atoms in total. The van der Waals surface area contributed by atoms with E-state index in [1.165, 1.54) is 7.11 Å². The van der Waals surface area contributed by atoms with Crippen molar-refractivity contribution < 1.29 is 38.5 Å². The van der Waals surface area contributed by atoms with Gasteiger partial charge in [0, 0.05) is 19.4 Å². The van der Waals surface area contributed by atoms with Crippen LogP contribution in [0.15, 0.2) is 121 Å². The first-order chi connectivity index (χ1) is 27.3. The van der Waals surface area contributed by atoms with Crippen LogP contribution in [0.5, 0.6) is 0 Å². The Morgan fingerprint density at radius 3 is 2.16 bits per heavy atom. The molecule has 1 aliphatic heterocycles. The van der Waals surface area contributed by atoms with Crippen LogP contribution in [0.2, 0.25) is 0 Å². The van der Waals surface area contributed by atoms with E-state index in [-0.39, 0.29) is 50.9 Å². The normalized spacial score (nSPS) is 20.5. The molecule has 11 heteroatoms. The molecule has 6 rings (SSSR count). The quantitative estimate of drug-likeness (QED) is 0.105. The van der Waals surface area contributed by atoms with E-state index >= 15 is 0 Å². The molecule has 0 radical (unpaired) electrons. The number of esters is 1. The zero-order chi connectivity index (χ0) is 39.3. The molecule has 0 aromatic heterocycles. The van der Waals surface area contributed by atoms with Crippen molar-refractivity contribution in [1.82, 2.24) is 16.0 Å². The highest BCUT2D eigenvalue weighted by Crippen LogP contribution is 2.44. The minimum atomic E-state index is -1.07. The topological polar surface area (TPSA) is 152 Å². The number of amides is 3. The van der Waals surface area contributed by atoms with Gasteiger partial charge in [0.15, 0.2) is 0 Å². The Morgan fingerprint density at radius 2 is 1.50 bits per heavy atom. The van der Waals surface area contributed by atoms with Crippen molar-refractivity contribution in [3.05, 3.63) is 144 Å². The zero-order valence-corrected chi connectivity index (χ0v) is 31.5. The average Bonchev–Trinajstić information content (AvgIpc) is 3.54. The Bertz CT molecular complexity index is 1920. The second-order valence-electron chi connectivity index (χ2n) is 14.2. The number of allylic oxidation sites excluding steroid dienone is 2. The van der Waals surface area contributed by atoms with Crippen molar-refractivity contribution in [2.45, 2.75) is 62.3 Å². The van der Waals surface area contributed by atoms with Crippen molar-refractivity contribution in [3.63, 3.8) is 0 Å². The number of hydrogen-bond acceptors (Lipinski definition) is 8. The average molecular weight is 760 g/mol. The molecule has 0 saturated carbocycles. The van der Waals surface area contributed by atoms with Gasteiger partial charge in [0.1, 0.15) is 18.8 Å². The number of benzene rings is 4. The Balaban J connectivity index is 1.18. The molecule has 0 spiro atoms. The van der Waals surface area contributed by atoms with Gasteiger partial charge in [0.2, 0.25) is 11.8 Å². The van der Waals surface area contributed by atoms with Crippen LogP contribution in [0.3, 0.4) is 0 Å². The number of alkyl carbamates (subject to hydrolysis) is 1.